The quantitative estimate of drug-likeness (QED) is 0.869. The summed E-state index contributed by atoms with van der Waals surface area (Å²) in [6, 6.07) is 12.6. The van der Waals surface area contributed by atoms with Gasteiger partial charge in [0.25, 0.3) is 0 Å². The third-order valence-corrected chi connectivity index (χ3v) is 3.85. The lowest BCUT2D eigenvalue weighted by molar-refractivity contribution is 0.365. The Kier molecular flexibility index (Phi) is 4.11. The van der Waals surface area contributed by atoms with Crippen molar-refractivity contribution >= 4 is 10.8 Å². The minimum absolute atomic E-state index is 0.141. The Hall–Kier alpha value is -1.54. The Labute approximate surface area is 115 Å². The number of nitrogens with one attached hydrogen (secondary N) is 1. The van der Waals surface area contributed by atoms with E-state index in [1.54, 1.807) is 7.11 Å². The minimum atomic E-state index is 0.141. The van der Waals surface area contributed by atoms with Crippen molar-refractivity contribution < 1.29 is 4.74 Å². The summed E-state index contributed by atoms with van der Waals surface area (Å²) < 4.78 is 5.51. The first kappa shape index (κ1) is 13.9. The molecule has 0 bridgehead atoms. The van der Waals surface area contributed by atoms with Gasteiger partial charge in [-0.3, -0.25) is 0 Å². The number of methoxy groups -OCH3 is 1. The second-order valence-corrected chi connectivity index (χ2v) is 5.56. The molecule has 0 aliphatic carbocycles. The molecule has 0 heterocycles. The van der Waals surface area contributed by atoms with E-state index >= 15 is 0 Å². The normalized spacial score (nSPS) is 11.8. The van der Waals surface area contributed by atoms with Gasteiger partial charge in [-0.2, -0.15) is 0 Å². The van der Waals surface area contributed by atoms with Gasteiger partial charge in [0.15, 0.2) is 0 Å². The zero-order chi connectivity index (χ0) is 13.9. The molecular formula is C17H23NO. The van der Waals surface area contributed by atoms with Crippen LogP contribution in [-0.2, 0) is 6.54 Å². The second-order valence-electron chi connectivity index (χ2n) is 5.56. The summed E-state index contributed by atoms with van der Waals surface area (Å²) in [6.45, 7) is 7.48. The number of fused-ring (bicyclic) bond motifs is 1. The first-order chi connectivity index (χ1) is 9.07. The summed E-state index contributed by atoms with van der Waals surface area (Å²) in [6.07, 6.45) is 1.10. The summed E-state index contributed by atoms with van der Waals surface area (Å²) in [5.74, 6) is 0.957. The number of ether oxygens (including phenoxy) is 1. The molecule has 2 heteroatoms. The molecule has 2 aromatic carbocycles. The summed E-state index contributed by atoms with van der Waals surface area (Å²) in [5, 5.41) is 6.14. The molecule has 0 radical (unpaired) electrons. The highest BCUT2D eigenvalue weighted by Gasteiger charge is 2.16. The average molecular weight is 257 g/mol. The van der Waals surface area contributed by atoms with Crippen molar-refractivity contribution in [2.24, 2.45) is 0 Å². The summed E-state index contributed by atoms with van der Waals surface area (Å²) in [7, 11) is 1.73. The first-order valence-corrected chi connectivity index (χ1v) is 6.87. The lowest BCUT2D eigenvalue weighted by atomic mass is 9.99. The zero-order valence-corrected chi connectivity index (χ0v) is 12.3. The van der Waals surface area contributed by atoms with Gasteiger partial charge in [0, 0.05) is 17.6 Å². The lowest BCUT2D eigenvalue weighted by Gasteiger charge is -2.25. The molecule has 1 N–H and O–H groups in total. The molecule has 0 atom stereocenters. The Morgan fingerprint density at radius 1 is 1.11 bits per heavy atom. The molecule has 19 heavy (non-hydrogen) atoms. The second kappa shape index (κ2) is 5.62. The van der Waals surface area contributed by atoms with E-state index in [2.05, 4.69) is 62.5 Å². The predicted molar refractivity (Wildman–Crippen MR) is 81.7 cm³/mol. The molecule has 102 valence electrons. The van der Waals surface area contributed by atoms with Gasteiger partial charge >= 0.3 is 0 Å². The van der Waals surface area contributed by atoms with E-state index in [1.165, 1.54) is 16.3 Å². The van der Waals surface area contributed by atoms with Crippen LogP contribution in [0.2, 0.25) is 0 Å². The third kappa shape index (κ3) is 3.07. The van der Waals surface area contributed by atoms with Crippen LogP contribution in [-0.4, -0.2) is 12.6 Å². The molecule has 2 aromatic rings. The topological polar surface area (TPSA) is 21.3 Å². The third-order valence-electron chi connectivity index (χ3n) is 3.85. The molecule has 0 fully saturated rings. The highest BCUT2D eigenvalue weighted by Crippen LogP contribution is 2.28. The van der Waals surface area contributed by atoms with Crippen LogP contribution in [0.5, 0.6) is 5.75 Å². The van der Waals surface area contributed by atoms with Crippen LogP contribution >= 0.6 is 0 Å². The van der Waals surface area contributed by atoms with Gasteiger partial charge < -0.3 is 10.1 Å². The van der Waals surface area contributed by atoms with Crippen molar-refractivity contribution in [3.63, 3.8) is 0 Å². The predicted octanol–water partition coefficient (Wildman–Crippen LogP) is 4.13. The van der Waals surface area contributed by atoms with E-state index in [-0.39, 0.29) is 5.54 Å². The molecule has 0 spiro atoms. The molecule has 0 aromatic heterocycles. The zero-order valence-electron chi connectivity index (χ0n) is 12.3. The van der Waals surface area contributed by atoms with Crippen LogP contribution in [0.3, 0.4) is 0 Å². The van der Waals surface area contributed by atoms with Crippen molar-refractivity contribution in [3.8, 4) is 5.75 Å². The fraction of sp³-hybridized carbons (Fsp3) is 0.412. The maximum Gasteiger partial charge on any atom is 0.123 e. The number of rotatable bonds is 5. The van der Waals surface area contributed by atoms with Crippen molar-refractivity contribution in [2.75, 3.05) is 7.11 Å². The monoisotopic (exact) mass is 257 g/mol. The summed E-state index contributed by atoms with van der Waals surface area (Å²) >= 11 is 0. The Morgan fingerprint density at radius 3 is 2.53 bits per heavy atom. The highest BCUT2D eigenvalue weighted by atomic mass is 16.5. The summed E-state index contributed by atoms with van der Waals surface area (Å²) in [4.78, 5) is 0. The van der Waals surface area contributed by atoms with Crippen LogP contribution in [0.25, 0.3) is 10.8 Å². The molecule has 0 aliphatic heterocycles. The fourth-order valence-electron chi connectivity index (χ4n) is 2.14. The van der Waals surface area contributed by atoms with Gasteiger partial charge in [-0.25, -0.2) is 0 Å². The van der Waals surface area contributed by atoms with Crippen molar-refractivity contribution in [3.05, 3.63) is 42.0 Å². The minimum Gasteiger partial charge on any atom is -0.496 e. The lowest BCUT2D eigenvalue weighted by Crippen LogP contribution is -2.37. The van der Waals surface area contributed by atoms with Crippen LogP contribution in [0, 0.1) is 0 Å². The van der Waals surface area contributed by atoms with Crippen LogP contribution in [0.15, 0.2) is 36.4 Å². The van der Waals surface area contributed by atoms with Gasteiger partial charge in [0.2, 0.25) is 0 Å². The maximum absolute atomic E-state index is 5.51. The largest absolute Gasteiger partial charge is 0.496 e. The van der Waals surface area contributed by atoms with E-state index in [9.17, 15) is 0 Å². The fourth-order valence-corrected chi connectivity index (χ4v) is 2.14. The van der Waals surface area contributed by atoms with Crippen LogP contribution < -0.4 is 10.1 Å². The van der Waals surface area contributed by atoms with E-state index in [1.807, 2.05) is 0 Å². The molecular weight excluding hydrogens is 234 g/mol. The van der Waals surface area contributed by atoms with E-state index in [4.69, 9.17) is 4.74 Å². The van der Waals surface area contributed by atoms with Crippen molar-refractivity contribution in [2.45, 2.75) is 39.3 Å². The Balaban J connectivity index is 2.39. The smallest absolute Gasteiger partial charge is 0.123 e. The van der Waals surface area contributed by atoms with Gasteiger partial charge in [-0.05, 0) is 37.1 Å². The van der Waals surface area contributed by atoms with Crippen LogP contribution in [0.4, 0.5) is 0 Å². The molecule has 0 amide bonds. The average Bonchev–Trinajstić information content (AvgIpc) is 2.44. The standard InChI is InChI=1S/C17H23NO/c1-5-17(2,3)18-12-15-14-9-7-6-8-13(14)10-11-16(15)19-4/h6-11,18H,5,12H2,1-4H3. The number of hydrogen-bond donors (Lipinski definition) is 1. The molecule has 2 nitrogen and oxygen atoms in total. The van der Waals surface area contributed by atoms with E-state index in [0.717, 1.165) is 18.7 Å². The van der Waals surface area contributed by atoms with Gasteiger partial charge in [0.1, 0.15) is 5.75 Å². The molecule has 0 unspecified atom stereocenters. The SMILES string of the molecule is CCC(C)(C)NCc1c(OC)ccc2ccccc12. The first-order valence-electron chi connectivity index (χ1n) is 6.87. The maximum atomic E-state index is 5.51. The number of hydrogen-bond acceptors (Lipinski definition) is 2. The highest BCUT2D eigenvalue weighted by molar-refractivity contribution is 5.87. The molecule has 2 rings (SSSR count). The molecule has 0 saturated carbocycles. The molecule has 0 aliphatic rings. The molecule has 0 saturated heterocycles. The van der Waals surface area contributed by atoms with Crippen LogP contribution in [0.1, 0.15) is 32.8 Å². The van der Waals surface area contributed by atoms with Gasteiger partial charge in [0.05, 0.1) is 7.11 Å². The van der Waals surface area contributed by atoms with Crippen molar-refractivity contribution in [1.29, 1.82) is 0 Å². The van der Waals surface area contributed by atoms with Crippen molar-refractivity contribution in [1.82, 2.24) is 5.32 Å². The Bertz CT molecular complexity index is 560. The number of benzene rings is 2. The van der Waals surface area contributed by atoms with E-state index < -0.39 is 0 Å². The summed E-state index contributed by atoms with van der Waals surface area (Å²) in [5.41, 5.74) is 1.38. The van der Waals surface area contributed by atoms with Gasteiger partial charge in [-0.1, -0.05) is 37.3 Å². The van der Waals surface area contributed by atoms with E-state index in [0.29, 0.717) is 0 Å². The van der Waals surface area contributed by atoms with Gasteiger partial charge in [-0.15, -0.1) is 0 Å². The Morgan fingerprint density at radius 2 is 1.84 bits per heavy atom.